The van der Waals surface area contributed by atoms with Crippen molar-refractivity contribution in [2.24, 2.45) is 0 Å². The van der Waals surface area contributed by atoms with Gasteiger partial charge in [-0.3, -0.25) is 14.4 Å². The molecular weight excluding hydrogens is 568 g/mol. The number of carbonyl (C=O) groups is 1. The van der Waals surface area contributed by atoms with Crippen LogP contribution in [0.4, 0.5) is 11.4 Å². The highest BCUT2D eigenvalue weighted by Gasteiger charge is 2.37. The van der Waals surface area contributed by atoms with Gasteiger partial charge in [0.25, 0.3) is 0 Å². The number of phenolic OH excluding ortho intramolecular Hbond substituents is 1. The second-order valence-electron chi connectivity index (χ2n) is 10.8. The van der Waals surface area contributed by atoms with Crippen LogP contribution in [0.5, 0.6) is 23.0 Å². The van der Waals surface area contributed by atoms with E-state index in [2.05, 4.69) is 10.6 Å². The molecule has 1 atom stereocenters. The minimum atomic E-state index is -0.904. The summed E-state index contributed by atoms with van der Waals surface area (Å²) in [7, 11) is 4.27. The van der Waals surface area contributed by atoms with Crippen molar-refractivity contribution in [2.75, 3.05) is 58.3 Å². The smallest absolute Gasteiger partial charge is 0.230 e. The number of carbonyl (C=O) groups excluding carboxylic acids is 1. The zero-order valence-electron chi connectivity index (χ0n) is 24.9. The van der Waals surface area contributed by atoms with Crippen LogP contribution in [0, 0.1) is 0 Å². The third-order valence-corrected chi connectivity index (χ3v) is 8.51. The Kier molecular flexibility index (Phi) is 7.10. The Balaban J connectivity index is 2.12. The average molecular weight is 601 g/mol. The summed E-state index contributed by atoms with van der Waals surface area (Å²) in [5.41, 5.74) is 1.00. The van der Waals surface area contributed by atoms with E-state index < -0.39 is 16.8 Å². The molecule has 0 aliphatic heterocycles. The Morgan fingerprint density at radius 2 is 1.43 bits per heavy atom. The molecule has 0 heterocycles. The Hall–Kier alpha value is -4.87. The van der Waals surface area contributed by atoms with E-state index in [9.17, 15) is 29.7 Å². The number of allylic oxidation sites excluding steroid dienone is 1. The number of rotatable bonds is 10. The lowest BCUT2D eigenvalue weighted by molar-refractivity contribution is -0.117. The van der Waals surface area contributed by atoms with E-state index in [0.717, 1.165) is 0 Å². The first-order valence-corrected chi connectivity index (χ1v) is 14.1. The lowest BCUT2D eigenvalue weighted by atomic mass is 9.80. The number of Topliss-reactive ketones (excluding diaryl/α,β-unsaturated/α-hetero) is 1. The van der Waals surface area contributed by atoms with Gasteiger partial charge in [0.2, 0.25) is 5.43 Å². The van der Waals surface area contributed by atoms with E-state index in [-0.39, 0.29) is 65.8 Å². The van der Waals surface area contributed by atoms with Crippen LogP contribution in [0.1, 0.15) is 30.9 Å². The maximum absolute atomic E-state index is 14.4. The fourth-order valence-corrected chi connectivity index (χ4v) is 6.97. The van der Waals surface area contributed by atoms with Gasteiger partial charge in [-0.1, -0.05) is 11.6 Å². The zero-order chi connectivity index (χ0) is 31.6. The van der Waals surface area contributed by atoms with Crippen LogP contribution in [-0.2, 0) is 4.79 Å². The van der Waals surface area contributed by atoms with Crippen LogP contribution >= 0.6 is 0 Å². The number of ketones is 1. The van der Waals surface area contributed by atoms with Crippen LogP contribution in [0.15, 0.2) is 27.3 Å². The monoisotopic (exact) mass is 600 g/mol. The van der Waals surface area contributed by atoms with Crippen molar-refractivity contribution >= 4 is 66.3 Å². The van der Waals surface area contributed by atoms with Crippen molar-refractivity contribution in [3.63, 3.8) is 0 Å². The van der Waals surface area contributed by atoms with Crippen molar-refractivity contribution in [2.45, 2.75) is 19.8 Å². The molecule has 1 aliphatic carbocycles. The molecule has 0 saturated carbocycles. The van der Waals surface area contributed by atoms with Crippen molar-refractivity contribution in [1.82, 2.24) is 0 Å². The van der Waals surface area contributed by atoms with E-state index in [1.54, 1.807) is 19.1 Å². The highest BCUT2D eigenvalue weighted by Crippen LogP contribution is 2.56. The van der Waals surface area contributed by atoms with Crippen LogP contribution in [0.25, 0.3) is 49.2 Å². The number of hydrogen-bond acceptors (Lipinski definition) is 11. The second-order valence-corrected chi connectivity index (χ2v) is 10.8. The number of aliphatic hydroxyl groups is 2. The summed E-state index contributed by atoms with van der Waals surface area (Å²) in [5.74, 6) is -0.949. The number of aliphatic hydroxyl groups excluding tert-OH is 2. The summed E-state index contributed by atoms with van der Waals surface area (Å²) in [5, 5.41) is 40.1. The highest BCUT2D eigenvalue weighted by molar-refractivity contribution is 6.40. The van der Waals surface area contributed by atoms with Gasteiger partial charge in [-0.2, -0.15) is 0 Å². The maximum atomic E-state index is 14.4. The van der Waals surface area contributed by atoms with Crippen molar-refractivity contribution < 1.29 is 34.3 Å². The molecule has 0 amide bonds. The normalized spacial score (nSPS) is 14.4. The summed E-state index contributed by atoms with van der Waals surface area (Å²) >= 11 is 0. The molecule has 5 aromatic carbocycles. The molecule has 6 rings (SSSR count). The molecule has 5 N–H and O–H groups in total. The van der Waals surface area contributed by atoms with Gasteiger partial charge >= 0.3 is 0 Å². The molecule has 0 fully saturated rings. The summed E-state index contributed by atoms with van der Waals surface area (Å²) < 4.78 is 17.5. The van der Waals surface area contributed by atoms with E-state index in [4.69, 9.17) is 14.2 Å². The summed E-state index contributed by atoms with van der Waals surface area (Å²) in [6, 6.07) is 2.93. The average Bonchev–Trinajstić information content (AvgIpc) is 3.13. The number of hydrogen-bond donors (Lipinski definition) is 5. The first kappa shape index (κ1) is 29.2. The molecule has 5 aromatic rings. The molecule has 11 heteroatoms. The fraction of sp³-hybridized carbons (Fsp3) is 0.303. The Bertz CT molecular complexity index is 2160. The molecule has 0 bridgehead atoms. The van der Waals surface area contributed by atoms with Gasteiger partial charge in [-0.25, -0.2) is 0 Å². The van der Waals surface area contributed by atoms with Crippen molar-refractivity contribution in [3.8, 4) is 23.0 Å². The SMILES string of the molecule is COc1c2c3c4c(c(NCCO)c(O)c5c(=O)cc(OC)c(c6c(OC)cc(NCCO)c(c1=O)c63)c54)C=C(C)C2C(C)=O. The number of methoxy groups -OCH3 is 3. The molecule has 1 aliphatic rings. The second kappa shape index (κ2) is 10.7. The number of phenols is 1. The lowest BCUT2D eigenvalue weighted by Gasteiger charge is -2.25. The quantitative estimate of drug-likeness (QED) is 0.0905. The molecule has 0 radical (unpaired) electrons. The molecule has 11 nitrogen and oxygen atoms in total. The number of fused-ring (bicyclic) bond motifs is 1. The minimum Gasteiger partial charge on any atom is -0.505 e. The van der Waals surface area contributed by atoms with Gasteiger partial charge in [0, 0.05) is 69.0 Å². The highest BCUT2D eigenvalue weighted by atomic mass is 16.5. The molecule has 0 spiro atoms. The third kappa shape index (κ3) is 3.79. The largest absolute Gasteiger partial charge is 0.505 e. The summed E-state index contributed by atoms with van der Waals surface area (Å²) in [6.45, 7) is 2.94. The molecular formula is C33H32N2O9. The van der Waals surface area contributed by atoms with Gasteiger partial charge in [0.1, 0.15) is 17.3 Å². The van der Waals surface area contributed by atoms with Gasteiger partial charge in [0.05, 0.1) is 56.9 Å². The van der Waals surface area contributed by atoms with Gasteiger partial charge in [-0.15, -0.1) is 0 Å². The first-order chi connectivity index (χ1) is 21.2. The standard InChI is InChI=1S/C33H32N2O9/c1-13-10-15-21-26-23(31(40)30(15)35-7-9-37)17(39)12-19(43-4)25(26)24-18(42-3)11-16(34-6-8-36)22-28(24)27(21)29(20(13)14(2)38)33(44-5)32(22)41/h10-12,20,34-37,40H,6-9H2,1-5H3. The van der Waals surface area contributed by atoms with Gasteiger partial charge in [-0.05, 0) is 19.2 Å². The van der Waals surface area contributed by atoms with Crippen LogP contribution in [-0.4, -0.2) is 68.7 Å². The number of nitrogens with one attached hydrogen (secondary N) is 2. The number of ether oxygens (including phenoxy) is 3. The Morgan fingerprint density at radius 1 is 0.818 bits per heavy atom. The lowest BCUT2D eigenvalue weighted by Crippen LogP contribution is -2.19. The third-order valence-electron chi connectivity index (χ3n) is 8.51. The number of anilines is 2. The Morgan fingerprint density at radius 3 is 2.02 bits per heavy atom. The number of aromatic hydroxyl groups is 1. The van der Waals surface area contributed by atoms with E-state index in [0.29, 0.717) is 60.5 Å². The topological polar surface area (TPSA) is 164 Å². The predicted octanol–water partition coefficient (Wildman–Crippen LogP) is 3.52. The molecule has 228 valence electrons. The summed E-state index contributed by atoms with van der Waals surface area (Å²) in [6.07, 6.45) is 1.76. The fourth-order valence-electron chi connectivity index (χ4n) is 6.97. The minimum absolute atomic E-state index is 0.00627. The van der Waals surface area contributed by atoms with Gasteiger partial charge in [0.15, 0.2) is 16.9 Å². The zero-order valence-corrected chi connectivity index (χ0v) is 24.9. The van der Waals surface area contributed by atoms with Crippen molar-refractivity contribution in [3.05, 3.63) is 49.3 Å². The first-order valence-electron chi connectivity index (χ1n) is 14.1. The van der Waals surface area contributed by atoms with Crippen LogP contribution < -0.4 is 35.7 Å². The molecule has 44 heavy (non-hydrogen) atoms. The summed E-state index contributed by atoms with van der Waals surface area (Å²) in [4.78, 5) is 41.6. The molecule has 1 unspecified atom stereocenters. The van der Waals surface area contributed by atoms with E-state index >= 15 is 0 Å². The number of benzene rings is 5. The van der Waals surface area contributed by atoms with E-state index in [1.807, 2.05) is 0 Å². The van der Waals surface area contributed by atoms with Crippen LogP contribution in [0.2, 0.25) is 0 Å². The Labute approximate surface area is 250 Å². The van der Waals surface area contributed by atoms with Crippen molar-refractivity contribution in [1.29, 1.82) is 0 Å². The molecule has 0 aromatic heterocycles. The maximum Gasteiger partial charge on any atom is 0.230 e. The van der Waals surface area contributed by atoms with Gasteiger partial charge < -0.3 is 40.2 Å². The predicted molar refractivity (Wildman–Crippen MR) is 171 cm³/mol. The van der Waals surface area contributed by atoms with Crippen LogP contribution in [0.3, 0.4) is 0 Å². The molecule has 0 saturated heterocycles. The van der Waals surface area contributed by atoms with E-state index in [1.165, 1.54) is 34.3 Å².